The van der Waals surface area contributed by atoms with Crippen LogP contribution in [0.4, 0.5) is 0 Å². The average Bonchev–Trinajstić information content (AvgIpc) is 3.93. The maximum atomic E-state index is 14.1. The molecule has 0 spiro atoms. The summed E-state index contributed by atoms with van der Waals surface area (Å²) < 4.78 is 0. The zero-order valence-electron chi connectivity index (χ0n) is 34.5. The summed E-state index contributed by atoms with van der Waals surface area (Å²) in [7, 11) is 0. The molecule has 21 nitrogen and oxygen atoms in total. The van der Waals surface area contributed by atoms with Crippen molar-refractivity contribution in [3.8, 4) is 0 Å². The summed E-state index contributed by atoms with van der Waals surface area (Å²) in [5.41, 5.74) is 2.41. The number of rotatable bonds is 10. The number of nitrogens with zero attached hydrogens (tertiary/aromatic N) is 1. The third-order valence-electron chi connectivity index (χ3n) is 10.1. The van der Waals surface area contributed by atoms with Gasteiger partial charge in [-0.25, -0.2) is 9.78 Å². The number of aromatic amines is 2. The first kappa shape index (κ1) is 46.5. The number of carboxylic acids is 1. The third kappa shape index (κ3) is 14.5. The second kappa shape index (κ2) is 22.9. The molecule has 0 bridgehead atoms. The monoisotopic (exact) mass is 869 g/mol. The van der Waals surface area contributed by atoms with Crippen LogP contribution in [0.2, 0.25) is 0 Å². The number of hydrogen-bond donors (Lipinski definition) is 11. The van der Waals surface area contributed by atoms with E-state index >= 15 is 0 Å². The van der Waals surface area contributed by atoms with E-state index in [4.69, 9.17) is 0 Å². The first-order valence-electron chi connectivity index (χ1n) is 20.3. The molecule has 1 saturated heterocycles. The predicted octanol–water partition coefficient (Wildman–Crippen LogP) is -1.63. The van der Waals surface area contributed by atoms with Gasteiger partial charge in [-0.1, -0.05) is 48.5 Å². The first-order valence-corrected chi connectivity index (χ1v) is 20.3. The lowest BCUT2D eigenvalue weighted by Crippen LogP contribution is -2.58. The van der Waals surface area contributed by atoms with Crippen LogP contribution in [0.5, 0.6) is 0 Å². The predicted molar refractivity (Wildman–Crippen MR) is 225 cm³/mol. The largest absolute Gasteiger partial charge is 0.480 e. The Bertz CT molecular complexity index is 2260. The van der Waals surface area contributed by atoms with Gasteiger partial charge in [-0.2, -0.15) is 0 Å². The Balaban J connectivity index is 1.44. The molecule has 11 N–H and O–H groups in total. The Morgan fingerprint density at radius 3 is 2.17 bits per heavy atom. The molecule has 63 heavy (non-hydrogen) atoms. The Labute approximate surface area is 361 Å². The van der Waals surface area contributed by atoms with E-state index in [-0.39, 0.29) is 51.5 Å². The number of imidazole rings is 1. The van der Waals surface area contributed by atoms with E-state index in [0.717, 1.165) is 10.9 Å². The molecule has 2 aromatic heterocycles. The average molecular weight is 870 g/mol. The molecule has 8 amide bonds. The van der Waals surface area contributed by atoms with Crippen LogP contribution >= 0.6 is 0 Å². The summed E-state index contributed by atoms with van der Waals surface area (Å²) >= 11 is 0. The van der Waals surface area contributed by atoms with Gasteiger partial charge in [-0.05, 0) is 36.5 Å². The molecule has 0 saturated carbocycles. The van der Waals surface area contributed by atoms with E-state index < -0.39 is 96.5 Å². The van der Waals surface area contributed by atoms with E-state index in [9.17, 15) is 48.3 Å². The number of aromatic nitrogens is 3. The molecule has 5 rings (SSSR count). The molecule has 21 heteroatoms. The Morgan fingerprint density at radius 1 is 0.746 bits per heavy atom. The summed E-state index contributed by atoms with van der Waals surface area (Å²) in [6.07, 6.45) is 3.68. The van der Waals surface area contributed by atoms with Gasteiger partial charge in [0, 0.05) is 62.4 Å². The molecule has 3 unspecified atom stereocenters. The minimum Gasteiger partial charge on any atom is -0.480 e. The number of nitrogens with one attached hydrogen (secondary N) is 10. The van der Waals surface area contributed by atoms with Gasteiger partial charge in [0.05, 0.1) is 25.1 Å². The minimum absolute atomic E-state index is 0.0184. The number of carboxylic acid groups (broad SMARTS) is 1. The fourth-order valence-electron chi connectivity index (χ4n) is 6.84. The van der Waals surface area contributed by atoms with Crippen molar-refractivity contribution in [1.82, 2.24) is 57.5 Å². The summed E-state index contributed by atoms with van der Waals surface area (Å²) in [4.78, 5) is 129. The lowest BCUT2D eigenvalue weighted by molar-refractivity contribution is -0.142. The maximum Gasteiger partial charge on any atom is 0.326 e. The van der Waals surface area contributed by atoms with Gasteiger partial charge in [0.25, 0.3) is 0 Å². The number of para-hydroxylation sites is 1. The van der Waals surface area contributed by atoms with Crippen LogP contribution in [0.15, 0.2) is 73.3 Å². The second-order valence-corrected chi connectivity index (χ2v) is 14.9. The normalized spacial score (nSPS) is 21.4. The highest BCUT2D eigenvalue weighted by Crippen LogP contribution is 2.19. The fraction of sp³-hybridized carbons (Fsp3) is 0.381. The van der Waals surface area contributed by atoms with Crippen LogP contribution in [0.25, 0.3) is 10.9 Å². The number of fused-ring (bicyclic) bond motifs is 1. The highest BCUT2D eigenvalue weighted by molar-refractivity contribution is 5.97. The third-order valence-corrected chi connectivity index (χ3v) is 10.1. The van der Waals surface area contributed by atoms with Crippen molar-refractivity contribution < 1.29 is 48.3 Å². The SMILES string of the molecule is CC(=O)NCC(=O)NC1CCC(=O)NCCCC(C(=O)O)NC(=O)[C@H](Cc2c[nH]c3ccccc23)NC(=O)CNC(=O)C(Cc2ccccc2)NC(=O)[C@H](Cc2c[nH]cn2)NC1=O. The molecule has 0 aliphatic carbocycles. The van der Waals surface area contributed by atoms with Crippen LogP contribution in [0, 0.1) is 0 Å². The first-order chi connectivity index (χ1) is 30.2. The topological polar surface area (TPSA) is 315 Å². The quantitative estimate of drug-likeness (QED) is 0.0860. The number of amides is 8. The van der Waals surface area contributed by atoms with Crippen molar-refractivity contribution in [3.63, 3.8) is 0 Å². The fourth-order valence-corrected chi connectivity index (χ4v) is 6.84. The number of aliphatic carboxylic acids is 1. The maximum absolute atomic E-state index is 14.1. The van der Waals surface area contributed by atoms with Crippen LogP contribution in [-0.2, 0) is 62.4 Å². The molecule has 0 radical (unpaired) electrons. The van der Waals surface area contributed by atoms with Crippen molar-refractivity contribution in [3.05, 3.63) is 90.1 Å². The highest BCUT2D eigenvalue weighted by Gasteiger charge is 2.32. The van der Waals surface area contributed by atoms with E-state index in [1.807, 2.05) is 18.2 Å². The molecule has 1 aliphatic heterocycles. The Kier molecular flexibility index (Phi) is 16.9. The van der Waals surface area contributed by atoms with E-state index in [1.165, 1.54) is 19.4 Å². The van der Waals surface area contributed by atoms with Crippen LogP contribution in [0.1, 0.15) is 49.4 Å². The zero-order valence-corrected chi connectivity index (χ0v) is 34.5. The number of carbonyl (C=O) groups is 9. The van der Waals surface area contributed by atoms with Crippen LogP contribution in [-0.4, -0.2) is 123 Å². The van der Waals surface area contributed by atoms with Gasteiger partial charge < -0.3 is 57.6 Å². The van der Waals surface area contributed by atoms with E-state index in [0.29, 0.717) is 16.8 Å². The van der Waals surface area contributed by atoms with E-state index in [1.54, 1.807) is 42.6 Å². The summed E-state index contributed by atoms with van der Waals surface area (Å²) in [6, 6.07) is 9.15. The van der Waals surface area contributed by atoms with Crippen molar-refractivity contribution in [2.24, 2.45) is 0 Å². The van der Waals surface area contributed by atoms with E-state index in [2.05, 4.69) is 57.5 Å². The van der Waals surface area contributed by atoms with Crippen molar-refractivity contribution in [2.75, 3.05) is 19.6 Å². The summed E-state index contributed by atoms with van der Waals surface area (Å²) in [5, 5.41) is 31.2. The van der Waals surface area contributed by atoms with Crippen molar-refractivity contribution in [2.45, 2.75) is 82.1 Å². The number of benzene rings is 2. The van der Waals surface area contributed by atoms with Gasteiger partial charge in [0.15, 0.2) is 0 Å². The van der Waals surface area contributed by atoms with Gasteiger partial charge >= 0.3 is 5.97 Å². The highest BCUT2D eigenvalue weighted by atomic mass is 16.4. The smallest absolute Gasteiger partial charge is 0.326 e. The number of H-pyrrole nitrogens is 2. The van der Waals surface area contributed by atoms with Gasteiger partial charge in [-0.3, -0.25) is 38.4 Å². The van der Waals surface area contributed by atoms with Crippen LogP contribution < -0.4 is 42.5 Å². The number of hydrogen-bond acceptors (Lipinski definition) is 10. The molecule has 2 aromatic carbocycles. The standard InChI is InChI=1S/C42H51N11O10/c1-24(54)45-21-36(56)49-30-13-14-35(55)44-15-7-12-31(42(62)63)51-40(60)33(17-26-19-46-29-11-6-5-10-28(26)29)50-37(57)22-47-38(58)32(16-25-8-3-2-4-9-25)52-41(61)34(53-39(30)59)18-27-20-43-23-48-27/h2-6,8-11,19-20,23,30-34,46H,7,12-18,21-22H2,1H3,(H,43,48)(H,44,55)(H,45,54)(H,47,58)(H,49,56)(H,50,57)(H,51,60)(H,52,61)(H,53,59)(H,62,63)/t30?,31?,32?,33-,34-/m0/s1. The lowest BCUT2D eigenvalue weighted by atomic mass is 10.0. The zero-order chi connectivity index (χ0) is 45.3. The molecular weight excluding hydrogens is 819 g/mol. The van der Waals surface area contributed by atoms with Crippen molar-refractivity contribution >= 4 is 64.1 Å². The molecular formula is C42H51N11O10. The molecule has 334 valence electrons. The van der Waals surface area contributed by atoms with Gasteiger partial charge in [0.1, 0.15) is 30.2 Å². The molecule has 4 aromatic rings. The molecule has 3 heterocycles. The summed E-state index contributed by atoms with van der Waals surface area (Å²) in [6.45, 7) is 0.0495. The lowest BCUT2D eigenvalue weighted by Gasteiger charge is -2.25. The van der Waals surface area contributed by atoms with Gasteiger partial charge in [0.2, 0.25) is 47.3 Å². The van der Waals surface area contributed by atoms with Gasteiger partial charge in [-0.15, -0.1) is 0 Å². The van der Waals surface area contributed by atoms with Crippen LogP contribution in [0.3, 0.4) is 0 Å². The molecule has 5 atom stereocenters. The minimum atomic E-state index is -1.42. The number of carbonyl (C=O) groups excluding carboxylic acids is 8. The Morgan fingerprint density at radius 2 is 1.44 bits per heavy atom. The Hall–Kier alpha value is -7.58. The van der Waals surface area contributed by atoms with Crippen molar-refractivity contribution in [1.29, 1.82) is 0 Å². The molecule has 1 fully saturated rings. The molecule has 1 aliphatic rings. The summed E-state index contributed by atoms with van der Waals surface area (Å²) in [5.74, 6) is -7.26. The second-order valence-electron chi connectivity index (χ2n) is 14.9.